The summed E-state index contributed by atoms with van der Waals surface area (Å²) in [6.45, 7) is 8.44. The lowest BCUT2D eigenvalue weighted by atomic mass is 9.86. The van der Waals surface area contributed by atoms with E-state index in [1.54, 1.807) is 7.11 Å². The Labute approximate surface area is 123 Å². The Morgan fingerprint density at radius 1 is 1.25 bits per heavy atom. The summed E-state index contributed by atoms with van der Waals surface area (Å²) in [5, 5.41) is 10.2. The zero-order chi connectivity index (χ0) is 15.3. The first kappa shape index (κ1) is 17.0. The van der Waals surface area contributed by atoms with Crippen LogP contribution in [0, 0.1) is 13.8 Å². The first-order chi connectivity index (χ1) is 9.40. The number of hydrogen-bond acceptors (Lipinski definition) is 3. The Kier molecular flexibility index (Phi) is 6.50. The van der Waals surface area contributed by atoms with Crippen molar-refractivity contribution in [2.45, 2.75) is 65.0 Å². The average molecular weight is 279 g/mol. The molecule has 3 unspecified atom stereocenters. The van der Waals surface area contributed by atoms with E-state index < -0.39 is 6.10 Å². The van der Waals surface area contributed by atoms with E-state index in [1.165, 1.54) is 16.7 Å². The highest BCUT2D eigenvalue weighted by Gasteiger charge is 2.20. The fourth-order valence-electron chi connectivity index (χ4n) is 3.01. The van der Waals surface area contributed by atoms with Crippen LogP contribution in [0.5, 0.6) is 5.75 Å². The third kappa shape index (κ3) is 4.22. The van der Waals surface area contributed by atoms with Crippen molar-refractivity contribution in [3.8, 4) is 5.75 Å². The topological polar surface area (TPSA) is 55.5 Å². The number of benzene rings is 1. The second kappa shape index (κ2) is 7.65. The molecular weight excluding hydrogens is 250 g/mol. The van der Waals surface area contributed by atoms with E-state index in [-0.39, 0.29) is 6.04 Å². The Balaban J connectivity index is 2.84. The Morgan fingerprint density at radius 3 is 2.25 bits per heavy atom. The molecule has 0 aromatic heterocycles. The van der Waals surface area contributed by atoms with Crippen LogP contribution in [0.4, 0.5) is 0 Å². The van der Waals surface area contributed by atoms with Gasteiger partial charge in [-0.15, -0.1) is 0 Å². The van der Waals surface area contributed by atoms with Crippen LogP contribution in [-0.4, -0.2) is 24.4 Å². The number of aliphatic hydroxyl groups is 1. The first-order valence-corrected chi connectivity index (χ1v) is 7.49. The summed E-state index contributed by atoms with van der Waals surface area (Å²) in [6, 6.07) is 3.98. The lowest BCUT2D eigenvalue weighted by Gasteiger charge is -2.24. The van der Waals surface area contributed by atoms with Gasteiger partial charge in [-0.2, -0.15) is 0 Å². The Hall–Kier alpha value is -1.06. The summed E-state index contributed by atoms with van der Waals surface area (Å²) >= 11 is 0. The zero-order valence-electron chi connectivity index (χ0n) is 13.4. The van der Waals surface area contributed by atoms with E-state index in [4.69, 9.17) is 10.5 Å². The molecule has 0 saturated heterocycles. The van der Waals surface area contributed by atoms with Crippen molar-refractivity contribution in [1.82, 2.24) is 0 Å². The molecule has 0 aliphatic rings. The van der Waals surface area contributed by atoms with Gasteiger partial charge in [-0.3, -0.25) is 0 Å². The number of nitrogens with two attached hydrogens (primary N) is 1. The van der Waals surface area contributed by atoms with Crippen molar-refractivity contribution < 1.29 is 9.84 Å². The van der Waals surface area contributed by atoms with Gasteiger partial charge in [0.2, 0.25) is 0 Å². The minimum Gasteiger partial charge on any atom is -0.497 e. The number of aryl methyl sites for hydroxylation is 2. The van der Waals surface area contributed by atoms with Crippen LogP contribution in [0.2, 0.25) is 0 Å². The summed E-state index contributed by atoms with van der Waals surface area (Å²) < 4.78 is 5.29. The molecule has 1 aromatic carbocycles. The van der Waals surface area contributed by atoms with Crippen LogP contribution in [0.25, 0.3) is 0 Å². The molecule has 0 heterocycles. The molecule has 3 nitrogen and oxygen atoms in total. The molecule has 0 saturated carbocycles. The normalized spacial score (nSPS) is 15.8. The van der Waals surface area contributed by atoms with Crippen LogP contribution in [-0.2, 0) is 0 Å². The standard InChI is InChI=1S/C17H29NO2/c1-6-7-15(18)16(19)10-13(4)17-11(2)8-14(20-5)9-12(17)3/h8-9,13,15-16,19H,6-7,10,18H2,1-5H3. The van der Waals surface area contributed by atoms with Gasteiger partial charge in [0.25, 0.3) is 0 Å². The molecule has 3 heteroatoms. The van der Waals surface area contributed by atoms with E-state index in [0.717, 1.165) is 18.6 Å². The second-order valence-electron chi connectivity index (χ2n) is 5.83. The lowest BCUT2D eigenvalue weighted by molar-refractivity contribution is 0.124. The quantitative estimate of drug-likeness (QED) is 0.805. The summed E-state index contributed by atoms with van der Waals surface area (Å²) in [6.07, 6.45) is 2.14. The highest BCUT2D eigenvalue weighted by Crippen LogP contribution is 2.31. The van der Waals surface area contributed by atoms with Gasteiger partial charge in [-0.05, 0) is 61.4 Å². The summed E-state index contributed by atoms with van der Waals surface area (Å²) in [5.74, 6) is 1.18. The first-order valence-electron chi connectivity index (χ1n) is 7.49. The van der Waals surface area contributed by atoms with Gasteiger partial charge in [0.15, 0.2) is 0 Å². The summed E-state index contributed by atoms with van der Waals surface area (Å²) in [5.41, 5.74) is 9.73. The Bertz CT molecular complexity index is 408. The van der Waals surface area contributed by atoms with E-state index in [2.05, 4.69) is 39.8 Å². The van der Waals surface area contributed by atoms with Gasteiger partial charge in [-0.1, -0.05) is 20.3 Å². The molecule has 1 aromatic rings. The van der Waals surface area contributed by atoms with Crippen LogP contribution < -0.4 is 10.5 Å². The van der Waals surface area contributed by atoms with Crippen molar-refractivity contribution in [3.63, 3.8) is 0 Å². The maximum absolute atomic E-state index is 10.2. The number of rotatable bonds is 7. The smallest absolute Gasteiger partial charge is 0.119 e. The number of hydrogen-bond donors (Lipinski definition) is 2. The van der Waals surface area contributed by atoms with Crippen molar-refractivity contribution in [1.29, 1.82) is 0 Å². The molecule has 114 valence electrons. The van der Waals surface area contributed by atoms with Gasteiger partial charge in [0.1, 0.15) is 5.75 Å². The van der Waals surface area contributed by atoms with E-state index in [1.807, 2.05) is 0 Å². The molecule has 3 N–H and O–H groups in total. The second-order valence-corrected chi connectivity index (χ2v) is 5.83. The van der Waals surface area contributed by atoms with Gasteiger partial charge < -0.3 is 15.6 Å². The predicted octanol–water partition coefficient (Wildman–Crippen LogP) is 3.29. The molecule has 0 spiro atoms. The molecule has 20 heavy (non-hydrogen) atoms. The maximum atomic E-state index is 10.2. The number of ether oxygens (including phenoxy) is 1. The van der Waals surface area contributed by atoms with Crippen molar-refractivity contribution >= 4 is 0 Å². The van der Waals surface area contributed by atoms with Crippen LogP contribution in [0.15, 0.2) is 12.1 Å². The lowest BCUT2D eigenvalue weighted by Crippen LogP contribution is -2.35. The van der Waals surface area contributed by atoms with Gasteiger partial charge in [0.05, 0.1) is 13.2 Å². The molecule has 0 radical (unpaired) electrons. The molecule has 0 fully saturated rings. The molecule has 0 aliphatic heterocycles. The van der Waals surface area contributed by atoms with E-state index in [9.17, 15) is 5.11 Å². The fraction of sp³-hybridized carbons (Fsp3) is 0.647. The SMILES string of the molecule is CCCC(N)C(O)CC(C)c1c(C)cc(OC)cc1C. The van der Waals surface area contributed by atoms with Crippen LogP contribution in [0.3, 0.4) is 0 Å². The molecule has 1 rings (SSSR count). The molecule has 0 aliphatic carbocycles. The third-order valence-corrected chi connectivity index (χ3v) is 4.01. The highest BCUT2D eigenvalue weighted by molar-refractivity contribution is 5.42. The monoisotopic (exact) mass is 279 g/mol. The minimum absolute atomic E-state index is 0.124. The number of methoxy groups -OCH3 is 1. The van der Waals surface area contributed by atoms with Crippen molar-refractivity contribution in [3.05, 3.63) is 28.8 Å². The van der Waals surface area contributed by atoms with E-state index in [0.29, 0.717) is 12.3 Å². The summed E-state index contributed by atoms with van der Waals surface area (Å²) in [4.78, 5) is 0. The third-order valence-electron chi connectivity index (χ3n) is 4.01. The van der Waals surface area contributed by atoms with Crippen LogP contribution >= 0.6 is 0 Å². The molecule has 3 atom stereocenters. The maximum Gasteiger partial charge on any atom is 0.119 e. The predicted molar refractivity (Wildman–Crippen MR) is 84.4 cm³/mol. The van der Waals surface area contributed by atoms with Crippen LogP contribution in [0.1, 0.15) is 55.7 Å². The van der Waals surface area contributed by atoms with Gasteiger partial charge >= 0.3 is 0 Å². The van der Waals surface area contributed by atoms with Crippen molar-refractivity contribution in [2.24, 2.45) is 5.73 Å². The average Bonchev–Trinajstić information content (AvgIpc) is 2.37. The molecule has 0 amide bonds. The zero-order valence-corrected chi connectivity index (χ0v) is 13.4. The molecule has 0 bridgehead atoms. The molecular formula is C17H29NO2. The van der Waals surface area contributed by atoms with E-state index >= 15 is 0 Å². The van der Waals surface area contributed by atoms with Crippen molar-refractivity contribution in [2.75, 3.05) is 7.11 Å². The summed E-state index contributed by atoms with van der Waals surface area (Å²) in [7, 11) is 1.69. The van der Waals surface area contributed by atoms with Gasteiger partial charge in [0, 0.05) is 6.04 Å². The fourth-order valence-corrected chi connectivity index (χ4v) is 3.01. The number of aliphatic hydroxyl groups excluding tert-OH is 1. The van der Waals surface area contributed by atoms with Gasteiger partial charge in [-0.25, -0.2) is 0 Å². The largest absolute Gasteiger partial charge is 0.497 e. The highest BCUT2D eigenvalue weighted by atomic mass is 16.5. The Morgan fingerprint density at radius 2 is 1.80 bits per heavy atom. The minimum atomic E-state index is -0.439.